The molecule has 14 heavy (non-hydrogen) atoms. The first kappa shape index (κ1) is 10.3. The first-order valence-corrected chi connectivity index (χ1v) is 4.15. The van der Waals surface area contributed by atoms with Crippen molar-refractivity contribution >= 4 is 5.91 Å². The molecule has 1 rings (SSSR count). The average Bonchev–Trinajstić information content (AvgIpc) is 2.62. The molecule has 0 bridgehead atoms. The maximum Gasteiger partial charge on any atom is 0.240 e. The molecular weight excluding hydrogens is 182 g/mol. The van der Waals surface area contributed by atoms with Crippen molar-refractivity contribution in [3.63, 3.8) is 0 Å². The van der Waals surface area contributed by atoms with Crippen LogP contribution in [0.4, 0.5) is 0 Å². The molecule has 0 fully saturated rings. The molecular formula is C9H11N3O2. The Morgan fingerprint density at radius 2 is 2.50 bits per heavy atom. The SMILES string of the molecule is N#CCNC(=O)Cn1ccc(CO)c1. The largest absolute Gasteiger partial charge is 0.392 e. The highest BCUT2D eigenvalue weighted by atomic mass is 16.3. The highest BCUT2D eigenvalue weighted by molar-refractivity contribution is 5.75. The number of aromatic nitrogens is 1. The summed E-state index contributed by atoms with van der Waals surface area (Å²) in [6, 6.07) is 3.55. The number of aliphatic hydroxyl groups is 1. The van der Waals surface area contributed by atoms with E-state index in [1.54, 1.807) is 23.0 Å². The molecule has 0 atom stereocenters. The van der Waals surface area contributed by atoms with E-state index in [1.165, 1.54) is 0 Å². The Hall–Kier alpha value is -1.80. The first-order valence-electron chi connectivity index (χ1n) is 4.15. The van der Waals surface area contributed by atoms with Gasteiger partial charge >= 0.3 is 0 Å². The zero-order valence-electron chi connectivity index (χ0n) is 7.60. The molecule has 0 radical (unpaired) electrons. The first-order chi connectivity index (χ1) is 6.76. The molecule has 5 heteroatoms. The van der Waals surface area contributed by atoms with Gasteiger partial charge in [0.25, 0.3) is 0 Å². The van der Waals surface area contributed by atoms with Crippen molar-refractivity contribution in [2.75, 3.05) is 6.54 Å². The Morgan fingerprint density at radius 1 is 1.71 bits per heavy atom. The molecule has 0 aliphatic rings. The third-order valence-electron chi connectivity index (χ3n) is 1.69. The summed E-state index contributed by atoms with van der Waals surface area (Å²) in [5.41, 5.74) is 0.762. The molecule has 1 amide bonds. The minimum atomic E-state index is -0.216. The monoisotopic (exact) mass is 193 g/mol. The van der Waals surface area contributed by atoms with Gasteiger partial charge in [-0.05, 0) is 11.6 Å². The smallest absolute Gasteiger partial charge is 0.240 e. The van der Waals surface area contributed by atoms with Crippen molar-refractivity contribution in [3.8, 4) is 6.07 Å². The molecule has 0 saturated heterocycles. The van der Waals surface area contributed by atoms with E-state index in [0.717, 1.165) is 5.56 Å². The van der Waals surface area contributed by atoms with Gasteiger partial charge in [-0.2, -0.15) is 5.26 Å². The fourth-order valence-corrected chi connectivity index (χ4v) is 1.04. The standard InChI is InChI=1S/C9H11N3O2/c10-2-3-11-9(14)6-12-4-1-8(5-12)7-13/h1,4-5,13H,3,6-7H2,(H,11,14). The predicted octanol–water partition coefficient (Wildman–Crippen LogP) is -0.380. The normalized spacial score (nSPS) is 9.43. The number of carbonyl (C=O) groups is 1. The molecule has 1 heterocycles. The van der Waals surface area contributed by atoms with E-state index in [2.05, 4.69) is 5.32 Å². The molecule has 0 saturated carbocycles. The van der Waals surface area contributed by atoms with Crippen molar-refractivity contribution in [2.45, 2.75) is 13.2 Å². The van der Waals surface area contributed by atoms with Crippen LogP contribution in [0.3, 0.4) is 0 Å². The van der Waals surface area contributed by atoms with E-state index in [1.807, 2.05) is 6.07 Å². The fraction of sp³-hybridized carbons (Fsp3) is 0.333. The van der Waals surface area contributed by atoms with Gasteiger partial charge in [-0.15, -0.1) is 0 Å². The highest BCUT2D eigenvalue weighted by Gasteiger charge is 2.01. The van der Waals surface area contributed by atoms with Gasteiger partial charge in [0.2, 0.25) is 5.91 Å². The van der Waals surface area contributed by atoms with Crippen LogP contribution >= 0.6 is 0 Å². The predicted molar refractivity (Wildman–Crippen MR) is 49.0 cm³/mol. The number of amides is 1. The van der Waals surface area contributed by atoms with Gasteiger partial charge in [0.05, 0.1) is 12.7 Å². The molecule has 74 valence electrons. The van der Waals surface area contributed by atoms with Crippen LogP contribution in [0.5, 0.6) is 0 Å². The van der Waals surface area contributed by atoms with E-state index in [4.69, 9.17) is 10.4 Å². The topological polar surface area (TPSA) is 78.0 Å². The van der Waals surface area contributed by atoms with Gasteiger partial charge < -0.3 is 15.0 Å². The van der Waals surface area contributed by atoms with Crippen LogP contribution in [0, 0.1) is 11.3 Å². The molecule has 0 spiro atoms. The maximum absolute atomic E-state index is 11.1. The number of hydrogen-bond donors (Lipinski definition) is 2. The number of rotatable bonds is 4. The Kier molecular flexibility index (Phi) is 3.70. The number of nitriles is 1. The summed E-state index contributed by atoms with van der Waals surface area (Å²) < 4.78 is 1.65. The molecule has 0 aliphatic heterocycles. The maximum atomic E-state index is 11.1. The van der Waals surface area contributed by atoms with Crippen LogP contribution in [0.25, 0.3) is 0 Å². The Morgan fingerprint density at radius 3 is 3.07 bits per heavy atom. The average molecular weight is 193 g/mol. The summed E-state index contributed by atoms with van der Waals surface area (Å²) in [6.45, 7) is 0.154. The Bertz CT molecular complexity index is 351. The quantitative estimate of drug-likeness (QED) is 0.640. The van der Waals surface area contributed by atoms with E-state index >= 15 is 0 Å². The number of hydrogen-bond acceptors (Lipinski definition) is 3. The lowest BCUT2D eigenvalue weighted by Gasteiger charge is -2.01. The third-order valence-corrected chi connectivity index (χ3v) is 1.69. The van der Waals surface area contributed by atoms with Gasteiger partial charge in [-0.1, -0.05) is 0 Å². The lowest BCUT2D eigenvalue weighted by Crippen LogP contribution is -2.27. The highest BCUT2D eigenvalue weighted by Crippen LogP contribution is 2.00. The summed E-state index contributed by atoms with van der Waals surface area (Å²) in [5, 5.41) is 19.4. The minimum Gasteiger partial charge on any atom is -0.392 e. The lowest BCUT2D eigenvalue weighted by molar-refractivity contribution is -0.121. The van der Waals surface area contributed by atoms with E-state index < -0.39 is 0 Å². The molecule has 5 nitrogen and oxygen atoms in total. The zero-order chi connectivity index (χ0) is 10.4. The van der Waals surface area contributed by atoms with Gasteiger partial charge in [0.15, 0.2) is 0 Å². The Labute approximate surface area is 81.6 Å². The summed E-state index contributed by atoms with van der Waals surface area (Å²) >= 11 is 0. The van der Waals surface area contributed by atoms with Crippen molar-refractivity contribution in [3.05, 3.63) is 24.0 Å². The number of nitrogens with zero attached hydrogens (tertiary/aromatic N) is 2. The lowest BCUT2D eigenvalue weighted by atomic mass is 10.4. The van der Waals surface area contributed by atoms with E-state index in [0.29, 0.717) is 0 Å². The summed E-state index contributed by atoms with van der Waals surface area (Å²) in [7, 11) is 0. The van der Waals surface area contributed by atoms with Crippen LogP contribution in [0.15, 0.2) is 18.5 Å². The Balaban J connectivity index is 2.44. The van der Waals surface area contributed by atoms with Gasteiger partial charge in [-0.3, -0.25) is 4.79 Å². The number of carbonyl (C=O) groups excluding carboxylic acids is 1. The van der Waals surface area contributed by atoms with Crippen molar-refractivity contribution in [1.82, 2.24) is 9.88 Å². The molecule has 0 unspecified atom stereocenters. The van der Waals surface area contributed by atoms with E-state index in [9.17, 15) is 4.79 Å². The van der Waals surface area contributed by atoms with Crippen LogP contribution < -0.4 is 5.32 Å². The van der Waals surface area contributed by atoms with Gasteiger partial charge in [0, 0.05) is 12.4 Å². The van der Waals surface area contributed by atoms with Gasteiger partial charge in [-0.25, -0.2) is 0 Å². The zero-order valence-corrected chi connectivity index (χ0v) is 7.60. The van der Waals surface area contributed by atoms with Crippen molar-refractivity contribution in [2.24, 2.45) is 0 Å². The number of aliphatic hydroxyl groups excluding tert-OH is 1. The molecule has 0 aromatic carbocycles. The summed E-state index contributed by atoms with van der Waals surface area (Å²) in [6.07, 6.45) is 3.39. The van der Waals surface area contributed by atoms with Crippen LogP contribution in [0.1, 0.15) is 5.56 Å². The second-order valence-corrected chi connectivity index (χ2v) is 2.79. The van der Waals surface area contributed by atoms with Crippen LogP contribution in [0.2, 0.25) is 0 Å². The second-order valence-electron chi connectivity index (χ2n) is 2.79. The number of nitrogens with one attached hydrogen (secondary N) is 1. The van der Waals surface area contributed by atoms with E-state index in [-0.39, 0.29) is 25.6 Å². The van der Waals surface area contributed by atoms with Crippen molar-refractivity contribution in [1.29, 1.82) is 5.26 Å². The second kappa shape index (κ2) is 5.04. The molecule has 2 N–H and O–H groups in total. The summed E-state index contributed by atoms with van der Waals surface area (Å²) in [5.74, 6) is -0.216. The summed E-state index contributed by atoms with van der Waals surface area (Å²) in [4.78, 5) is 11.1. The van der Waals surface area contributed by atoms with Crippen LogP contribution in [-0.4, -0.2) is 22.1 Å². The fourth-order valence-electron chi connectivity index (χ4n) is 1.04. The molecule has 0 aliphatic carbocycles. The molecule has 1 aromatic rings. The third kappa shape index (κ3) is 2.92. The van der Waals surface area contributed by atoms with Crippen molar-refractivity contribution < 1.29 is 9.90 Å². The molecule has 1 aromatic heterocycles. The van der Waals surface area contributed by atoms with Gasteiger partial charge in [0.1, 0.15) is 13.1 Å². The minimum absolute atomic E-state index is 0.0208. The van der Waals surface area contributed by atoms with Crippen LogP contribution in [-0.2, 0) is 17.9 Å².